The minimum Gasteiger partial charge on any atom is -0.491 e. The van der Waals surface area contributed by atoms with Gasteiger partial charge in [0, 0.05) is 24.7 Å². The van der Waals surface area contributed by atoms with Crippen LogP contribution in [0.15, 0.2) is 24.3 Å². The Morgan fingerprint density at radius 2 is 2.30 bits per heavy atom. The average molecular weight is 276 g/mol. The number of carbonyl (C=O) groups is 1. The van der Waals surface area contributed by atoms with Crippen LogP contribution < -0.4 is 10.1 Å². The molecule has 0 spiro atoms. The number of nitrogens with zero attached hydrogens (tertiary/aromatic N) is 1. The Morgan fingerprint density at radius 1 is 1.50 bits per heavy atom. The summed E-state index contributed by atoms with van der Waals surface area (Å²) in [5.74, 6) is 0.849. The molecule has 0 aromatic heterocycles. The summed E-state index contributed by atoms with van der Waals surface area (Å²) in [4.78, 5) is 14.6. The van der Waals surface area contributed by atoms with Crippen molar-refractivity contribution < 1.29 is 9.53 Å². The number of hydrogen-bond acceptors (Lipinski definition) is 3. The first-order valence-electron chi connectivity index (χ1n) is 7.40. The predicted molar refractivity (Wildman–Crippen MR) is 80.2 cm³/mol. The molecule has 1 unspecified atom stereocenters. The van der Waals surface area contributed by atoms with Crippen LogP contribution in [0.25, 0.3) is 0 Å². The minimum atomic E-state index is 0.0930. The van der Waals surface area contributed by atoms with E-state index in [1.54, 1.807) is 0 Å². The van der Waals surface area contributed by atoms with E-state index >= 15 is 0 Å². The molecule has 1 fully saturated rings. The van der Waals surface area contributed by atoms with Crippen LogP contribution in [0, 0.1) is 0 Å². The molecule has 110 valence electrons. The largest absolute Gasteiger partial charge is 0.491 e. The van der Waals surface area contributed by atoms with Gasteiger partial charge in [0.2, 0.25) is 0 Å². The Labute approximate surface area is 121 Å². The molecule has 1 aromatic rings. The lowest BCUT2D eigenvalue weighted by atomic mass is 10.1. The van der Waals surface area contributed by atoms with Gasteiger partial charge in [-0.25, -0.2) is 0 Å². The molecule has 2 rings (SSSR count). The van der Waals surface area contributed by atoms with Gasteiger partial charge in [0.15, 0.2) is 0 Å². The topological polar surface area (TPSA) is 41.6 Å². The van der Waals surface area contributed by atoms with E-state index in [0.717, 1.165) is 31.8 Å². The average Bonchev–Trinajstić information content (AvgIpc) is 2.93. The van der Waals surface area contributed by atoms with Gasteiger partial charge in [-0.15, -0.1) is 0 Å². The normalized spacial score (nSPS) is 18.3. The monoisotopic (exact) mass is 276 g/mol. The Kier molecular flexibility index (Phi) is 5.01. The maximum Gasteiger partial charge on any atom is 0.254 e. The van der Waals surface area contributed by atoms with Crippen LogP contribution in [0.4, 0.5) is 0 Å². The fourth-order valence-corrected chi connectivity index (χ4v) is 2.61. The fourth-order valence-electron chi connectivity index (χ4n) is 2.61. The third-order valence-corrected chi connectivity index (χ3v) is 3.53. The number of benzene rings is 1. The molecule has 1 saturated heterocycles. The lowest BCUT2D eigenvalue weighted by Crippen LogP contribution is -2.41. The van der Waals surface area contributed by atoms with Crippen molar-refractivity contribution >= 4 is 5.91 Å². The summed E-state index contributed by atoms with van der Waals surface area (Å²) in [6.45, 7) is 8.62. The summed E-state index contributed by atoms with van der Waals surface area (Å²) in [5.41, 5.74) is 0.705. The Bertz CT molecular complexity index is 454. The van der Waals surface area contributed by atoms with Crippen molar-refractivity contribution in [3.63, 3.8) is 0 Å². The molecular weight excluding hydrogens is 252 g/mol. The van der Waals surface area contributed by atoms with Crippen LogP contribution in [-0.2, 0) is 0 Å². The molecule has 20 heavy (non-hydrogen) atoms. The van der Waals surface area contributed by atoms with E-state index in [2.05, 4.69) is 5.32 Å². The standard InChI is InChI=1S/C16H24N2O2/c1-4-18(14-8-9-17-11-14)16(19)13-6-5-7-15(10-13)20-12(2)3/h5-7,10,12,14,17H,4,8-9,11H2,1-3H3. The number of ether oxygens (including phenoxy) is 1. The third-order valence-electron chi connectivity index (χ3n) is 3.53. The zero-order valence-corrected chi connectivity index (χ0v) is 12.6. The highest BCUT2D eigenvalue weighted by Crippen LogP contribution is 2.18. The molecule has 1 atom stereocenters. The molecule has 0 bridgehead atoms. The first-order valence-corrected chi connectivity index (χ1v) is 7.40. The summed E-state index contributed by atoms with van der Waals surface area (Å²) in [6.07, 6.45) is 1.14. The molecule has 1 heterocycles. The van der Waals surface area contributed by atoms with E-state index in [1.807, 2.05) is 49.9 Å². The molecular formula is C16H24N2O2. The minimum absolute atomic E-state index is 0.0930. The second-order valence-electron chi connectivity index (χ2n) is 5.43. The van der Waals surface area contributed by atoms with Crippen LogP contribution in [0.3, 0.4) is 0 Å². The van der Waals surface area contributed by atoms with Gasteiger partial charge < -0.3 is 15.0 Å². The quantitative estimate of drug-likeness (QED) is 0.897. The van der Waals surface area contributed by atoms with Crippen LogP contribution in [0.1, 0.15) is 37.6 Å². The number of carbonyl (C=O) groups excluding carboxylic acids is 1. The molecule has 1 amide bonds. The summed E-state index contributed by atoms with van der Waals surface area (Å²) >= 11 is 0. The Hall–Kier alpha value is -1.55. The Morgan fingerprint density at radius 3 is 2.90 bits per heavy atom. The van der Waals surface area contributed by atoms with Crippen molar-refractivity contribution in [3.05, 3.63) is 29.8 Å². The van der Waals surface area contributed by atoms with Crippen LogP contribution in [0.5, 0.6) is 5.75 Å². The number of rotatable bonds is 5. The highest BCUT2D eigenvalue weighted by molar-refractivity contribution is 5.94. The highest BCUT2D eigenvalue weighted by atomic mass is 16.5. The van der Waals surface area contributed by atoms with E-state index < -0.39 is 0 Å². The van der Waals surface area contributed by atoms with Crippen molar-refractivity contribution in [1.82, 2.24) is 10.2 Å². The third kappa shape index (κ3) is 3.51. The van der Waals surface area contributed by atoms with Gasteiger partial charge in [-0.1, -0.05) is 6.07 Å². The molecule has 4 heteroatoms. The van der Waals surface area contributed by atoms with E-state index in [4.69, 9.17) is 4.74 Å². The van der Waals surface area contributed by atoms with Crippen molar-refractivity contribution in [2.24, 2.45) is 0 Å². The van der Waals surface area contributed by atoms with Gasteiger partial charge in [-0.2, -0.15) is 0 Å². The van der Waals surface area contributed by atoms with E-state index in [9.17, 15) is 4.79 Å². The van der Waals surface area contributed by atoms with E-state index in [1.165, 1.54) is 0 Å². The second-order valence-corrected chi connectivity index (χ2v) is 5.43. The van der Waals surface area contributed by atoms with Gasteiger partial charge in [-0.3, -0.25) is 4.79 Å². The highest BCUT2D eigenvalue weighted by Gasteiger charge is 2.26. The van der Waals surface area contributed by atoms with Crippen molar-refractivity contribution in [2.75, 3.05) is 19.6 Å². The van der Waals surface area contributed by atoms with E-state index in [0.29, 0.717) is 11.6 Å². The summed E-state index contributed by atoms with van der Waals surface area (Å²) in [5, 5.41) is 3.31. The van der Waals surface area contributed by atoms with Crippen molar-refractivity contribution in [3.8, 4) is 5.75 Å². The first kappa shape index (κ1) is 14.9. The van der Waals surface area contributed by atoms with Crippen LogP contribution in [0.2, 0.25) is 0 Å². The molecule has 0 radical (unpaired) electrons. The van der Waals surface area contributed by atoms with Gasteiger partial charge >= 0.3 is 0 Å². The molecule has 0 aliphatic carbocycles. The van der Waals surface area contributed by atoms with Crippen LogP contribution >= 0.6 is 0 Å². The van der Waals surface area contributed by atoms with Crippen LogP contribution in [-0.4, -0.2) is 42.6 Å². The first-order chi connectivity index (χ1) is 9.61. The van der Waals surface area contributed by atoms with Gasteiger partial charge in [-0.05, 0) is 51.9 Å². The van der Waals surface area contributed by atoms with E-state index in [-0.39, 0.29) is 12.0 Å². The number of hydrogen-bond donors (Lipinski definition) is 1. The summed E-state index contributed by atoms with van der Waals surface area (Å²) in [7, 11) is 0. The maximum absolute atomic E-state index is 12.6. The number of nitrogens with one attached hydrogen (secondary N) is 1. The second kappa shape index (κ2) is 6.75. The lowest BCUT2D eigenvalue weighted by Gasteiger charge is -2.27. The number of amides is 1. The fraction of sp³-hybridized carbons (Fsp3) is 0.562. The molecule has 1 aliphatic heterocycles. The zero-order valence-electron chi connectivity index (χ0n) is 12.6. The zero-order chi connectivity index (χ0) is 14.5. The molecule has 0 saturated carbocycles. The smallest absolute Gasteiger partial charge is 0.254 e. The number of likely N-dealkylation sites (N-methyl/N-ethyl adjacent to an activating group) is 1. The molecule has 1 aliphatic rings. The summed E-state index contributed by atoms with van der Waals surface area (Å²) < 4.78 is 5.66. The molecule has 4 nitrogen and oxygen atoms in total. The van der Waals surface area contributed by atoms with Gasteiger partial charge in [0.05, 0.1) is 6.10 Å². The van der Waals surface area contributed by atoms with Crippen molar-refractivity contribution in [2.45, 2.75) is 39.3 Å². The van der Waals surface area contributed by atoms with Crippen molar-refractivity contribution in [1.29, 1.82) is 0 Å². The SMILES string of the molecule is CCN(C(=O)c1cccc(OC(C)C)c1)C1CCNC1. The Balaban J connectivity index is 2.14. The lowest BCUT2D eigenvalue weighted by molar-refractivity contribution is 0.0703. The van der Waals surface area contributed by atoms with Gasteiger partial charge in [0.1, 0.15) is 5.75 Å². The molecule has 1 N–H and O–H groups in total. The summed E-state index contributed by atoms with van der Waals surface area (Å²) in [6, 6.07) is 7.78. The predicted octanol–water partition coefficient (Wildman–Crippen LogP) is 2.30. The maximum atomic E-state index is 12.6. The molecule has 1 aromatic carbocycles. The van der Waals surface area contributed by atoms with Gasteiger partial charge in [0.25, 0.3) is 5.91 Å².